The maximum Gasteiger partial charge on any atom is 0.307 e. The van der Waals surface area contributed by atoms with Gasteiger partial charge in [0, 0.05) is 12.1 Å². The summed E-state index contributed by atoms with van der Waals surface area (Å²) in [6, 6.07) is 3.83. The summed E-state index contributed by atoms with van der Waals surface area (Å²) in [7, 11) is 0. The molecule has 1 aromatic carbocycles. The van der Waals surface area contributed by atoms with Gasteiger partial charge < -0.3 is 15.2 Å². The highest BCUT2D eigenvalue weighted by Crippen LogP contribution is 2.10. The predicted molar refractivity (Wildman–Crippen MR) is 73.9 cm³/mol. The molecule has 21 heavy (non-hydrogen) atoms. The lowest BCUT2D eigenvalue weighted by atomic mass is 10.1. The molecule has 0 bridgehead atoms. The summed E-state index contributed by atoms with van der Waals surface area (Å²) >= 11 is 0. The fourth-order valence-electron chi connectivity index (χ4n) is 1.53. The van der Waals surface area contributed by atoms with Gasteiger partial charge in [-0.1, -0.05) is 11.8 Å². The van der Waals surface area contributed by atoms with Crippen LogP contribution in [0.25, 0.3) is 0 Å². The van der Waals surface area contributed by atoms with Crippen molar-refractivity contribution in [2.75, 3.05) is 19.8 Å². The van der Waals surface area contributed by atoms with E-state index >= 15 is 0 Å². The van der Waals surface area contributed by atoms with Gasteiger partial charge in [-0.3, -0.25) is 9.59 Å². The molecule has 0 aromatic heterocycles. The van der Waals surface area contributed by atoms with Crippen molar-refractivity contribution in [2.24, 2.45) is 0 Å². The molecular formula is C15H16FNO4. The molecule has 2 N–H and O–H groups in total. The highest BCUT2D eigenvalue weighted by Gasteiger charge is 2.12. The zero-order chi connectivity index (χ0) is 15.7. The highest BCUT2D eigenvalue weighted by molar-refractivity contribution is 5.95. The van der Waals surface area contributed by atoms with Crippen molar-refractivity contribution in [3.05, 3.63) is 35.1 Å². The summed E-state index contributed by atoms with van der Waals surface area (Å²) in [6.07, 6.45) is 0.0191. The smallest absolute Gasteiger partial charge is 0.307 e. The molecule has 0 saturated carbocycles. The van der Waals surface area contributed by atoms with Crippen molar-refractivity contribution in [3.63, 3.8) is 0 Å². The number of halogens is 1. The Morgan fingerprint density at radius 2 is 2.19 bits per heavy atom. The number of hydrogen-bond donors (Lipinski definition) is 2. The van der Waals surface area contributed by atoms with E-state index in [4.69, 9.17) is 9.84 Å². The largest absolute Gasteiger partial charge is 0.466 e. The molecule has 0 atom stereocenters. The van der Waals surface area contributed by atoms with Gasteiger partial charge in [0.15, 0.2) is 0 Å². The van der Waals surface area contributed by atoms with Crippen molar-refractivity contribution in [1.82, 2.24) is 5.32 Å². The molecule has 1 amide bonds. The standard InChI is InChI=1S/C15H16FNO4/c1-2-21-14(19)7-8-17-15(20)12-10-11(4-3-9-18)5-6-13(12)16/h5-6,10,18H,2,7-9H2,1H3,(H,17,20). The number of carbonyl (C=O) groups excluding carboxylic acids is 2. The lowest BCUT2D eigenvalue weighted by molar-refractivity contribution is -0.142. The van der Waals surface area contributed by atoms with Crippen LogP contribution in [-0.4, -0.2) is 36.7 Å². The number of amides is 1. The Labute approximate surface area is 122 Å². The molecule has 0 radical (unpaired) electrons. The third kappa shape index (κ3) is 5.63. The Kier molecular flexibility index (Phi) is 6.92. The number of rotatable bonds is 5. The molecule has 0 heterocycles. The Morgan fingerprint density at radius 1 is 1.43 bits per heavy atom. The van der Waals surface area contributed by atoms with E-state index in [1.165, 1.54) is 12.1 Å². The number of carbonyl (C=O) groups is 2. The van der Waals surface area contributed by atoms with Crippen LogP contribution in [0.5, 0.6) is 0 Å². The minimum Gasteiger partial charge on any atom is -0.466 e. The fourth-order valence-corrected chi connectivity index (χ4v) is 1.53. The van der Waals surface area contributed by atoms with Gasteiger partial charge in [-0.2, -0.15) is 0 Å². The van der Waals surface area contributed by atoms with Gasteiger partial charge in [-0.15, -0.1) is 0 Å². The van der Waals surface area contributed by atoms with Gasteiger partial charge in [0.2, 0.25) is 0 Å². The quantitative estimate of drug-likeness (QED) is 0.623. The highest BCUT2D eigenvalue weighted by atomic mass is 19.1. The average Bonchev–Trinajstić information content (AvgIpc) is 2.46. The third-order valence-electron chi connectivity index (χ3n) is 2.44. The first-order valence-corrected chi connectivity index (χ1v) is 6.41. The number of ether oxygens (including phenoxy) is 1. The number of esters is 1. The van der Waals surface area contributed by atoms with E-state index < -0.39 is 17.7 Å². The Hall–Kier alpha value is -2.39. The van der Waals surface area contributed by atoms with Crippen molar-refractivity contribution < 1.29 is 23.8 Å². The van der Waals surface area contributed by atoms with Crippen LogP contribution >= 0.6 is 0 Å². The Morgan fingerprint density at radius 3 is 2.86 bits per heavy atom. The molecule has 1 rings (SSSR count). The normalized spacial score (nSPS) is 9.48. The average molecular weight is 293 g/mol. The van der Waals surface area contributed by atoms with Crippen LogP contribution in [0.1, 0.15) is 29.3 Å². The molecule has 5 nitrogen and oxygen atoms in total. The van der Waals surface area contributed by atoms with Crippen LogP contribution in [-0.2, 0) is 9.53 Å². The van der Waals surface area contributed by atoms with Crippen LogP contribution in [0.15, 0.2) is 18.2 Å². The topological polar surface area (TPSA) is 75.6 Å². The first-order valence-electron chi connectivity index (χ1n) is 6.41. The molecule has 0 unspecified atom stereocenters. The fraction of sp³-hybridized carbons (Fsp3) is 0.333. The molecule has 0 aliphatic rings. The Bertz CT molecular complexity index is 575. The number of nitrogens with one attached hydrogen (secondary N) is 1. The number of hydrogen-bond acceptors (Lipinski definition) is 4. The minimum absolute atomic E-state index is 0.0191. The third-order valence-corrected chi connectivity index (χ3v) is 2.44. The summed E-state index contributed by atoms with van der Waals surface area (Å²) < 4.78 is 18.3. The van der Waals surface area contributed by atoms with Crippen LogP contribution in [0.3, 0.4) is 0 Å². The van der Waals surface area contributed by atoms with E-state index in [9.17, 15) is 14.0 Å². The molecule has 0 spiro atoms. The Balaban J connectivity index is 2.67. The van der Waals surface area contributed by atoms with E-state index in [-0.39, 0.29) is 31.7 Å². The maximum atomic E-state index is 13.6. The molecule has 1 aromatic rings. The summed E-state index contributed by atoms with van der Waals surface area (Å²) in [5.41, 5.74) is 0.254. The molecular weight excluding hydrogens is 277 g/mol. The second-order valence-corrected chi connectivity index (χ2v) is 3.97. The van der Waals surface area contributed by atoms with E-state index in [1.54, 1.807) is 6.92 Å². The molecule has 0 aliphatic heterocycles. The minimum atomic E-state index is -0.682. The zero-order valence-corrected chi connectivity index (χ0v) is 11.6. The first-order chi connectivity index (χ1) is 10.1. The predicted octanol–water partition coefficient (Wildman–Crippen LogP) is 0.852. The second kappa shape index (κ2) is 8.72. The zero-order valence-electron chi connectivity index (χ0n) is 11.6. The summed E-state index contributed by atoms with van der Waals surface area (Å²) in [4.78, 5) is 22.9. The monoisotopic (exact) mass is 293 g/mol. The number of aliphatic hydroxyl groups is 1. The lowest BCUT2D eigenvalue weighted by Gasteiger charge is -2.06. The van der Waals surface area contributed by atoms with E-state index in [1.807, 2.05) is 0 Å². The summed E-state index contributed by atoms with van der Waals surface area (Å²) in [6.45, 7) is 1.69. The lowest BCUT2D eigenvalue weighted by Crippen LogP contribution is -2.27. The van der Waals surface area contributed by atoms with Gasteiger partial charge in [-0.05, 0) is 25.1 Å². The van der Waals surface area contributed by atoms with Crippen LogP contribution in [0.4, 0.5) is 4.39 Å². The van der Waals surface area contributed by atoms with Gasteiger partial charge in [0.1, 0.15) is 12.4 Å². The summed E-state index contributed by atoms with van der Waals surface area (Å²) in [5.74, 6) is 3.25. The second-order valence-electron chi connectivity index (χ2n) is 3.97. The van der Waals surface area contributed by atoms with Gasteiger partial charge in [0.05, 0.1) is 18.6 Å². The van der Waals surface area contributed by atoms with Gasteiger partial charge in [-0.25, -0.2) is 4.39 Å². The molecule has 0 fully saturated rings. The van der Waals surface area contributed by atoms with Crippen molar-refractivity contribution in [2.45, 2.75) is 13.3 Å². The van der Waals surface area contributed by atoms with E-state index in [0.29, 0.717) is 5.56 Å². The SMILES string of the molecule is CCOC(=O)CCNC(=O)c1cc(C#CCO)ccc1F. The number of benzene rings is 1. The van der Waals surface area contributed by atoms with Crippen LogP contribution in [0, 0.1) is 17.7 Å². The molecule has 0 saturated heterocycles. The van der Waals surface area contributed by atoms with Gasteiger partial charge in [0.25, 0.3) is 5.91 Å². The first kappa shape index (κ1) is 16.7. The molecule has 112 valence electrons. The van der Waals surface area contributed by atoms with E-state index in [0.717, 1.165) is 6.07 Å². The van der Waals surface area contributed by atoms with Crippen LogP contribution < -0.4 is 5.32 Å². The molecule has 0 aliphatic carbocycles. The maximum absolute atomic E-state index is 13.6. The van der Waals surface area contributed by atoms with Crippen molar-refractivity contribution in [1.29, 1.82) is 0 Å². The summed E-state index contributed by atoms with van der Waals surface area (Å²) in [5, 5.41) is 11.0. The van der Waals surface area contributed by atoms with Gasteiger partial charge >= 0.3 is 5.97 Å². The molecule has 6 heteroatoms. The number of aliphatic hydroxyl groups excluding tert-OH is 1. The van der Waals surface area contributed by atoms with Crippen molar-refractivity contribution >= 4 is 11.9 Å². The van der Waals surface area contributed by atoms with Crippen LogP contribution in [0.2, 0.25) is 0 Å². The van der Waals surface area contributed by atoms with E-state index in [2.05, 4.69) is 17.2 Å². The van der Waals surface area contributed by atoms with Crippen molar-refractivity contribution in [3.8, 4) is 11.8 Å².